The van der Waals surface area contributed by atoms with Crippen LogP contribution in [0.1, 0.15) is 23.1 Å². The zero-order valence-corrected chi connectivity index (χ0v) is 10.7. The number of rotatable bonds is 3. The molecule has 0 amide bonds. The molecular formula is C13H16N2S. The van der Waals surface area contributed by atoms with Crippen LogP contribution in [-0.4, -0.2) is 12.0 Å². The Hall–Kier alpha value is -1.19. The number of nitrogens with one attached hydrogen (secondary N) is 1. The van der Waals surface area contributed by atoms with E-state index >= 15 is 0 Å². The fourth-order valence-electron chi connectivity index (χ4n) is 1.78. The fourth-order valence-corrected chi connectivity index (χ4v) is 2.70. The second-order valence-electron chi connectivity index (χ2n) is 4.03. The standard InChI is InChI=1S/C13H16N2S/c1-8(2)10-5-11(7-14-4)13-12(6-10)16-9(3)15-13/h5-6,14H,1,7H2,2-4H3. The summed E-state index contributed by atoms with van der Waals surface area (Å²) in [6.45, 7) is 8.94. The number of aryl methyl sites for hydroxylation is 1. The number of aromatic nitrogens is 1. The largest absolute Gasteiger partial charge is 0.316 e. The number of hydrogen-bond donors (Lipinski definition) is 1. The van der Waals surface area contributed by atoms with E-state index in [0.717, 1.165) is 22.6 Å². The van der Waals surface area contributed by atoms with Crippen LogP contribution in [0.3, 0.4) is 0 Å². The molecule has 0 saturated heterocycles. The van der Waals surface area contributed by atoms with Crippen molar-refractivity contribution in [1.29, 1.82) is 0 Å². The number of fused-ring (bicyclic) bond motifs is 1. The van der Waals surface area contributed by atoms with E-state index in [0.29, 0.717) is 0 Å². The van der Waals surface area contributed by atoms with Crippen LogP contribution in [0.25, 0.3) is 15.8 Å². The molecule has 1 aromatic carbocycles. The lowest BCUT2D eigenvalue weighted by Crippen LogP contribution is -2.06. The van der Waals surface area contributed by atoms with Gasteiger partial charge in [-0.15, -0.1) is 11.3 Å². The Morgan fingerprint density at radius 2 is 2.25 bits per heavy atom. The summed E-state index contributed by atoms with van der Waals surface area (Å²) in [6, 6.07) is 4.36. The molecule has 1 N–H and O–H groups in total. The topological polar surface area (TPSA) is 24.9 Å². The van der Waals surface area contributed by atoms with Crippen LogP contribution in [-0.2, 0) is 6.54 Å². The summed E-state index contributed by atoms with van der Waals surface area (Å²) in [5.41, 5.74) is 4.69. The molecule has 0 saturated carbocycles. The van der Waals surface area contributed by atoms with Crippen LogP contribution in [0.4, 0.5) is 0 Å². The number of allylic oxidation sites excluding steroid dienone is 1. The van der Waals surface area contributed by atoms with Crippen LogP contribution in [0.5, 0.6) is 0 Å². The molecule has 0 aliphatic carbocycles. The Balaban J connectivity index is 2.67. The zero-order valence-electron chi connectivity index (χ0n) is 9.92. The maximum Gasteiger partial charge on any atom is 0.0907 e. The molecule has 0 bridgehead atoms. The van der Waals surface area contributed by atoms with Gasteiger partial charge >= 0.3 is 0 Å². The van der Waals surface area contributed by atoms with Crippen molar-refractivity contribution < 1.29 is 0 Å². The minimum atomic E-state index is 0.848. The van der Waals surface area contributed by atoms with Crippen molar-refractivity contribution in [1.82, 2.24) is 10.3 Å². The van der Waals surface area contributed by atoms with Gasteiger partial charge in [0.1, 0.15) is 0 Å². The molecule has 0 atom stereocenters. The third kappa shape index (κ3) is 2.01. The monoisotopic (exact) mass is 232 g/mol. The number of benzene rings is 1. The molecule has 2 aromatic rings. The number of hydrogen-bond acceptors (Lipinski definition) is 3. The molecule has 0 aliphatic rings. The van der Waals surface area contributed by atoms with Gasteiger partial charge in [-0.1, -0.05) is 12.2 Å². The summed E-state index contributed by atoms with van der Waals surface area (Å²) in [5, 5.41) is 4.30. The molecule has 84 valence electrons. The predicted octanol–water partition coefficient (Wildman–Crippen LogP) is 3.36. The van der Waals surface area contributed by atoms with E-state index in [-0.39, 0.29) is 0 Å². The highest BCUT2D eigenvalue weighted by Gasteiger charge is 2.08. The van der Waals surface area contributed by atoms with Crippen molar-refractivity contribution in [2.75, 3.05) is 7.05 Å². The molecule has 16 heavy (non-hydrogen) atoms. The maximum absolute atomic E-state index is 4.58. The fraction of sp³-hybridized carbons (Fsp3) is 0.308. The Kier molecular flexibility index (Phi) is 3.08. The van der Waals surface area contributed by atoms with Crippen molar-refractivity contribution in [2.24, 2.45) is 0 Å². The normalized spacial score (nSPS) is 10.9. The van der Waals surface area contributed by atoms with Gasteiger partial charge in [-0.3, -0.25) is 0 Å². The van der Waals surface area contributed by atoms with E-state index in [1.165, 1.54) is 15.8 Å². The van der Waals surface area contributed by atoms with E-state index in [2.05, 4.69) is 29.0 Å². The average Bonchev–Trinajstić information content (AvgIpc) is 2.58. The van der Waals surface area contributed by atoms with Crippen LogP contribution in [0.2, 0.25) is 0 Å². The van der Waals surface area contributed by atoms with Crippen molar-refractivity contribution >= 4 is 27.1 Å². The first-order chi connectivity index (χ1) is 7.61. The first-order valence-corrected chi connectivity index (χ1v) is 6.14. The maximum atomic E-state index is 4.58. The SMILES string of the molecule is C=C(C)c1cc(CNC)c2nc(C)sc2c1. The van der Waals surface area contributed by atoms with Crippen molar-refractivity contribution in [3.63, 3.8) is 0 Å². The summed E-state index contributed by atoms with van der Waals surface area (Å²) in [5.74, 6) is 0. The highest BCUT2D eigenvalue weighted by molar-refractivity contribution is 7.18. The third-order valence-electron chi connectivity index (χ3n) is 2.54. The summed E-state index contributed by atoms with van der Waals surface area (Å²) in [7, 11) is 1.96. The lowest BCUT2D eigenvalue weighted by molar-refractivity contribution is 0.821. The van der Waals surface area contributed by atoms with Crippen LogP contribution >= 0.6 is 11.3 Å². The molecule has 0 spiro atoms. The number of thiazole rings is 1. The molecule has 2 nitrogen and oxygen atoms in total. The highest BCUT2D eigenvalue weighted by Crippen LogP contribution is 2.28. The summed E-state index contributed by atoms with van der Waals surface area (Å²) in [6.07, 6.45) is 0. The molecule has 0 unspecified atom stereocenters. The quantitative estimate of drug-likeness (QED) is 0.877. The lowest BCUT2D eigenvalue weighted by atomic mass is 10.0. The second-order valence-corrected chi connectivity index (χ2v) is 5.26. The van der Waals surface area contributed by atoms with Gasteiger partial charge in [-0.25, -0.2) is 4.98 Å². The Morgan fingerprint density at radius 3 is 2.88 bits per heavy atom. The average molecular weight is 232 g/mol. The van der Waals surface area contributed by atoms with Gasteiger partial charge < -0.3 is 5.32 Å². The van der Waals surface area contributed by atoms with E-state index in [9.17, 15) is 0 Å². The molecule has 3 heteroatoms. The highest BCUT2D eigenvalue weighted by atomic mass is 32.1. The van der Waals surface area contributed by atoms with Gasteiger partial charge in [0.15, 0.2) is 0 Å². The Bertz CT molecular complexity index is 540. The second kappa shape index (κ2) is 4.36. The van der Waals surface area contributed by atoms with E-state index in [4.69, 9.17) is 0 Å². The Morgan fingerprint density at radius 1 is 1.50 bits per heavy atom. The van der Waals surface area contributed by atoms with Gasteiger partial charge in [0.25, 0.3) is 0 Å². The number of nitrogens with zero attached hydrogens (tertiary/aromatic N) is 1. The summed E-state index contributed by atoms with van der Waals surface area (Å²) >= 11 is 1.74. The minimum absolute atomic E-state index is 0.848. The molecule has 0 fully saturated rings. The minimum Gasteiger partial charge on any atom is -0.316 e. The molecule has 0 radical (unpaired) electrons. The zero-order chi connectivity index (χ0) is 11.7. The van der Waals surface area contributed by atoms with E-state index in [1.54, 1.807) is 11.3 Å². The summed E-state index contributed by atoms with van der Waals surface area (Å²) in [4.78, 5) is 4.58. The van der Waals surface area contributed by atoms with Gasteiger partial charge in [0, 0.05) is 6.54 Å². The smallest absolute Gasteiger partial charge is 0.0907 e. The first-order valence-electron chi connectivity index (χ1n) is 5.32. The lowest BCUT2D eigenvalue weighted by Gasteiger charge is -2.06. The van der Waals surface area contributed by atoms with Crippen LogP contribution in [0.15, 0.2) is 18.7 Å². The molecular weight excluding hydrogens is 216 g/mol. The van der Waals surface area contributed by atoms with Gasteiger partial charge in [-0.05, 0) is 44.2 Å². The van der Waals surface area contributed by atoms with E-state index in [1.807, 2.05) is 20.9 Å². The Labute approximate surface area is 100 Å². The van der Waals surface area contributed by atoms with Crippen LogP contribution in [0, 0.1) is 6.92 Å². The van der Waals surface area contributed by atoms with Gasteiger partial charge in [-0.2, -0.15) is 0 Å². The molecule has 0 aliphatic heterocycles. The molecule has 1 heterocycles. The molecule has 2 rings (SSSR count). The molecule has 1 aromatic heterocycles. The summed E-state index contributed by atoms with van der Waals surface area (Å²) < 4.78 is 1.25. The van der Waals surface area contributed by atoms with Crippen molar-refractivity contribution in [3.05, 3.63) is 34.8 Å². The van der Waals surface area contributed by atoms with E-state index < -0.39 is 0 Å². The van der Waals surface area contributed by atoms with Gasteiger partial charge in [0.2, 0.25) is 0 Å². The third-order valence-corrected chi connectivity index (χ3v) is 3.46. The van der Waals surface area contributed by atoms with Gasteiger partial charge in [0.05, 0.1) is 15.2 Å². The first kappa shape index (κ1) is 11.3. The predicted molar refractivity (Wildman–Crippen MR) is 71.8 cm³/mol. The van der Waals surface area contributed by atoms with Crippen molar-refractivity contribution in [3.8, 4) is 0 Å². The van der Waals surface area contributed by atoms with Crippen LogP contribution < -0.4 is 5.32 Å². The van der Waals surface area contributed by atoms with Crippen molar-refractivity contribution in [2.45, 2.75) is 20.4 Å².